The van der Waals surface area contributed by atoms with Gasteiger partial charge in [-0.1, -0.05) is 13.8 Å². The maximum Gasteiger partial charge on any atom is 0.201 e. The van der Waals surface area contributed by atoms with E-state index in [0.29, 0.717) is 15.9 Å². The fourth-order valence-electron chi connectivity index (χ4n) is 3.14. The molecule has 3 rings (SSSR count). The second-order valence-electron chi connectivity index (χ2n) is 5.89. The minimum absolute atomic E-state index is 0.0304. The third-order valence-corrected chi connectivity index (χ3v) is 5.09. The van der Waals surface area contributed by atoms with Crippen molar-refractivity contribution in [2.45, 2.75) is 32.4 Å². The minimum Gasteiger partial charge on any atom is -0.381 e. The smallest absolute Gasteiger partial charge is 0.201 e. The van der Waals surface area contributed by atoms with Crippen LogP contribution in [0.4, 0.5) is 10.3 Å². The number of methoxy groups -OCH3 is 1. The quantitative estimate of drug-likeness (QED) is 0.909. The van der Waals surface area contributed by atoms with Gasteiger partial charge in [-0.3, -0.25) is 0 Å². The van der Waals surface area contributed by atoms with Crippen LogP contribution in [0.5, 0.6) is 0 Å². The third kappa shape index (κ3) is 1.78. The van der Waals surface area contributed by atoms with E-state index in [4.69, 9.17) is 10.5 Å². The van der Waals surface area contributed by atoms with Gasteiger partial charge in [0.25, 0.3) is 0 Å². The van der Waals surface area contributed by atoms with Crippen LogP contribution in [0.1, 0.15) is 26.3 Å². The Balaban J connectivity index is 2.13. The molecule has 1 aliphatic carbocycles. The van der Waals surface area contributed by atoms with Crippen LogP contribution >= 0.6 is 15.9 Å². The molecule has 1 heterocycles. The fourth-order valence-corrected chi connectivity index (χ4v) is 3.47. The highest BCUT2D eigenvalue weighted by molar-refractivity contribution is 9.10. The number of nitrogens with zero attached hydrogens (tertiary/aromatic N) is 2. The maximum absolute atomic E-state index is 13.6. The fraction of sp³-hybridized carbons (Fsp3) is 0.500. The molecule has 0 bridgehead atoms. The van der Waals surface area contributed by atoms with Crippen molar-refractivity contribution in [3.8, 4) is 0 Å². The monoisotopic (exact) mass is 341 g/mol. The lowest BCUT2D eigenvalue weighted by Gasteiger charge is -2.51. The minimum atomic E-state index is -0.329. The molecule has 1 aromatic carbocycles. The largest absolute Gasteiger partial charge is 0.381 e. The van der Waals surface area contributed by atoms with Crippen LogP contribution < -0.4 is 5.73 Å². The summed E-state index contributed by atoms with van der Waals surface area (Å²) in [5, 5.41) is 0. The molecule has 0 aliphatic heterocycles. The van der Waals surface area contributed by atoms with Crippen molar-refractivity contribution in [3.63, 3.8) is 0 Å². The van der Waals surface area contributed by atoms with Crippen LogP contribution in [0.15, 0.2) is 16.6 Å². The number of nitrogen functional groups attached to an aromatic ring is 1. The van der Waals surface area contributed by atoms with Gasteiger partial charge in [0, 0.05) is 24.6 Å². The standard InChI is InChI=1S/C14H17BrFN3O/c1-14(2)11(6-12(14)20-3)19-10-4-7(15)8(16)5-9(10)18-13(19)17/h4-5,11-12H,6H2,1-3H3,(H2,17,18). The van der Waals surface area contributed by atoms with E-state index in [-0.39, 0.29) is 23.4 Å². The van der Waals surface area contributed by atoms with Crippen molar-refractivity contribution < 1.29 is 9.13 Å². The second-order valence-corrected chi connectivity index (χ2v) is 6.75. The van der Waals surface area contributed by atoms with E-state index in [0.717, 1.165) is 11.9 Å². The Bertz CT molecular complexity index is 683. The molecule has 0 amide bonds. The van der Waals surface area contributed by atoms with Crippen LogP contribution in [-0.2, 0) is 4.74 Å². The van der Waals surface area contributed by atoms with Gasteiger partial charge in [-0.15, -0.1) is 0 Å². The second kappa shape index (κ2) is 4.43. The Hall–Kier alpha value is -1.14. The molecule has 1 saturated carbocycles. The molecule has 2 N–H and O–H groups in total. The topological polar surface area (TPSA) is 53.1 Å². The van der Waals surface area contributed by atoms with Crippen molar-refractivity contribution in [2.24, 2.45) is 5.41 Å². The van der Waals surface area contributed by atoms with Crippen molar-refractivity contribution >= 4 is 32.9 Å². The molecule has 20 heavy (non-hydrogen) atoms. The van der Waals surface area contributed by atoms with Crippen molar-refractivity contribution in [1.29, 1.82) is 0 Å². The zero-order valence-electron chi connectivity index (χ0n) is 11.7. The number of halogens is 2. The number of fused-ring (bicyclic) bond motifs is 1. The summed E-state index contributed by atoms with van der Waals surface area (Å²) < 4.78 is 21.5. The van der Waals surface area contributed by atoms with Gasteiger partial charge in [-0.25, -0.2) is 9.37 Å². The molecule has 0 saturated heterocycles. The highest BCUT2D eigenvalue weighted by Crippen LogP contribution is 2.52. The van der Waals surface area contributed by atoms with E-state index < -0.39 is 0 Å². The van der Waals surface area contributed by atoms with E-state index in [1.54, 1.807) is 13.2 Å². The average molecular weight is 342 g/mol. The maximum atomic E-state index is 13.6. The van der Waals surface area contributed by atoms with Crippen molar-refractivity contribution in [2.75, 3.05) is 12.8 Å². The van der Waals surface area contributed by atoms with Crippen LogP contribution in [0.3, 0.4) is 0 Å². The van der Waals surface area contributed by atoms with Crippen LogP contribution in [0.2, 0.25) is 0 Å². The molecule has 1 aliphatic rings. The summed E-state index contributed by atoms with van der Waals surface area (Å²) in [5.41, 5.74) is 7.45. The van der Waals surface area contributed by atoms with Gasteiger partial charge in [0.15, 0.2) is 0 Å². The lowest BCUT2D eigenvalue weighted by atomic mass is 9.64. The SMILES string of the molecule is COC1CC(n2c(N)nc3cc(F)c(Br)cc32)C1(C)C. The lowest BCUT2D eigenvalue weighted by Crippen LogP contribution is -2.51. The van der Waals surface area contributed by atoms with Gasteiger partial charge >= 0.3 is 0 Å². The number of anilines is 1. The molecular weight excluding hydrogens is 325 g/mol. The van der Waals surface area contributed by atoms with E-state index in [1.165, 1.54) is 6.07 Å². The van der Waals surface area contributed by atoms with Crippen molar-refractivity contribution in [3.05, 3.63) is 22.4 Å². The van der Waals surface area contributed by atoms with E-state index in [9.17, 15) is 4.39 Å². The lowest BCUT2D eigenvalue weighted by molar-refractivity contribution is -0.110. The molecule has 2 unspecified atom stereocenters. The highest BCUT2D eigenvalue weighted by atomic mass is 79.9. The normalized spacial score (nSPS) is 24.9. The number of rotatable bonds is 2. The Morgan fingerprint density at radius 2 is 2.20 bits per heavy atom. The zero-order valence-corrected chi connectivity index (χ0v) is 13.2. The first-order valence-electron chi connectivity index (χ1n) is 6.51. The Morgan fingerprint density at radius 1 is 1.50 bits per heavy atom. The number of hydrogen-bond donors (Lipinski definition) is 1. The summed E-state index contributed by atoms with van der Waals surface area (Å²) in [6.07, 6.45) is 1.09. The summed E-state index contributed by atoms with van der Waals surface area (Å²) >= 11 is 3.22. The summed E-state index contributed by atoms with van der Waals surface area (Å²) in [7, 11) is 1.73. The molecule has 1 aromatic heterocycles. The summed E-state index contributed by atoms with van der Waals surface area (Å²) in [5.74, 6) is 0.0925. The van der Waals surface area contributed by atoms with Gasteiger partial charge in [-0.05, 0) is 28.4 Å². The highest BCUT2D eigenvalue weighted by Gasteiger charge is 2.50. The van der Waals surface area contributed by atoms with E-state index in [1.807, 2.05) is 4.57 Å². The number of aromatic nitrogens is 2. The first-order chi connectivity index (χ1) is 9.36. The van der Waals surface area contributed by atoms with Gasteiger partial charge in [0.1, 0.15) is 5.82 Å². The first-order valence-corrected chi connectivity index (χ1v) is 7.30. The van der Waals surface area contributed by atoms with Gasteiger partial charge in [0.05, 0.1) is 21.6 Å². The number of benzene rings is 1. The molecule has 0 spiro atoms. The van der Waals surface area contributed by atoms with E-state index in [2.05, 4.69) is 34.8 Å². The predicted molar refractivity (Wildman–Crippen MR) is 80.0 cm³/mol. The number of ether oxygens (including phenoxy) is 1. The summed E-state index contributed by atoms with van der Waals surface area (Å²) in [4.78, 5) is 4.27. The predicted octanol–water partition coefficient (Wildman–Crippen LogP) is 3.51. The van der Waals surface area contributed by atoms with Gasteiger partial charge in [0.2, 0.25) is 5.95 Å². The first kappa shape index (κ1) is 13.8. The molecule has 6 heteroatoms. The van der Waals surface area contributed by atoms with E-state index >= 15 is 0 Å². The molecule has 108 valence electrons. The average Bonchev–Trinajstić information content (AvgIpc) is 2.66. The summed E-state index contributed by atoms with van der Waals surface area (Å²) in [6, 6.07) is 3.35. The van der Waals surface area contributed by atoms with Gasteiger partial charge in [-0.2, -0.15) is 0 Å². The number of imidazole rings is 1. The summed E-state index contributed by atoms with van der Waals surface area (Å²) in [6.45, 7) is 4.30. The molecule has 4 nitrogen and oxygen atoms in total. The Kier molecular flexibility index (Phi) is 3.06. The molecule has 1 fully saturated rings. The molecule has 0 radical (unpaired) electrons. The van der Waals surface area contributed by atoms with Crippen LogP contribution in [0, 0.1) is 11.2 Å². The van der Waals surface area contributed by atoms with Crippen LogP contribution in [-0.4, -0.2) is 22.8 Å². The van der Waals surface area contributed by atoms with Crippen molar-refractivity contribution in [1.82, 2.24) is 9.55 Å². The van der Waals surface area contributed by atoms with Gasteiger partial charge < -0.3 is 15.0 Å². The Morgan fingerprint density at radius 3 is 2.80 bits per heavy atom. The zero-order chi connectivity index (χ0) is 14.7. The van der Waals surface area contributed by atoms with Crippen LogP contribution in [0.25, 0.3) is 11.0 Å². The number of hydrogen-bond acceptors (Lipinski definition) is 3. The third-order valence-electron chi connectivity index (χ3n) is 4.48. The Labute approximate surface area is 125 Å². The molecule has 2 aromatic rings. The molecule has 2 atom stereocenters. The number of nitrogens with two attached hydrogens (primary N) is 1. The molecular formula is C14H17BrFN3O.